The minimum absolute atomic E-state index is 0.0751. The SMILES string of the molecule is CCC(C)C(N)C(=O)N1CCN(S(=O)(=O)c2ccc3c(c2)CCC3)CC1. The first-order valence-electron chi connectivity index (χ1n) is 9.51. The van der Waals surface area contributed by atoms with Gasteiger partial charge in [-0.1, -0.05) is 26.3 Å². The summed E-state index contributed by atoms with van der Waals surface area (Å²) in [6.07, 6.45) is 3.93. The second-order valence-corrected chi connectivity index (χ2v) is 9.36. The average Bonchev–Trinajstić information content (AvgIpc) is 3.14. The molecule has 1 aliphatic heterocycles. The Morgan fingerprint density at radius 2 is 1.81 bits per heavy atom. The highest BCUT2D eigenvalue weighted by atomic mass is 32.2. The average molecular weight is 380 g/mol. The van der Waals surface area contributed by atoms with Crippen molar-refractivity contribution in [1.82, 2.24) is 9.21 Å². The summed E-state index contributed by atoms with van der Waals surface area (Å²) >= 11 is 0. The number of carbonyl (C=O) groups excluding carboxylic acids is 1. The standard InChI is InChI=1S/C19H29N3O3S/c1-3-14(2)18(20)19(23)21-9-11-22(12-10-21)26(24,25)17-8-7-15-5-4-6-16(15)13-17/h7-8,13-14,18H,3-6,9-12,20H2,1-2H3. The maximum atomic E-state index is 12.9. The number of hydrogen-bond donors (Lipinski definition) is 1. The van der Waals surface area contributed by atoms with Crippen LogP contribution < -0.4 is 5.73 Å². The van der Waals surface area contributed by atoms with E-state index in [-0.39, 0.29) is 11.8 Å². The van der Waals surface area contributed by atoms with E-state index >= 15 is 0 Å². The zero-order valence-electron chi connectivity index (χ0n) is 15.6. The molecule has 0 saturated carbocycles. The lowest BCUT2D eigenvalue weighted by Gasteiger charge is -2.36. The second kappa shape index (κ2) is 7.66. The maximum Gasteiger partial charge on any atom is 0.243 e. The van der Waals surface area contributed by atoms with Gasteiger partial charge in [-0.2, -0.15) is 4.31 Å². The lowest BCUT2D eigenvalue weighted by molar-refractivity contribution is -0.134. The molecule has 144 valence electrons. The molecule has 1 aliphatic carbocycles. The van der Waals surface area contributed by atoms with Crippen LogP contribution in [0.25, 0.3) is 0 Å². The fourth-order valence-corrected chi connectivity index (χ4v) is 5.19. The number of aryl methyl sites for hydroxylation is 2. The third kappa shape index (κ3) is 3.66. The summed E-state index contributed by atoms with van der Waals surface area (Å²) in [6, 6.07) is 4.98. The van der Waals surface area contributed by atoms with E-state index in [1.54, 1.807) is 11.0 Å². The number of nitrogens with two attached hydrogens (primary N) is 1. The Morgan fingerprint density at radius 3 is 2.46 bits per heavy atom. The number of benzene rings is 1. The number of sulfonamides is 1. The summed E-state index contributed by atoms with van der Waals surface area (Å²) in [5.74, 6) is 0.0459. The molecule has 2 N–H and O–H groups in total. The van der Waals surface area contributed by atoms with Gasteiger partial charge in [0.05, 0.1) is 10.9 Å². The summed E-state index contributed by atoms with van der Waals surface area (Å²) < 4.78 is 27.4. The molecule has 0 radical (unpaired) electrons. The van der Waals surface area contributed by atoms with Gasteiger partial charge in [0.2, 0.25) is 15.9 Å². The fraction of sp³-hybridized carbons (Fsp3) is 0.632. The number of fused-ring (bicyclic) bond motifs is 1. The van der Waals surface area contributed by atoms with Crippen LogP contribution in [0.2, 0.25) is 0 Å². The highest BCUT2D eigenvalue weighted by Gasteiger charge is 2.33. The van der Waals surface area contributed by atoms with Gasteiger partial charge in [-0.3, -0.25) is 4.79 Å². The minimum Gasteiger partial charge on any atom is -0.339 e. The highest BCUT2D eigenvalue weighted by molar-refractivity contribution is 7.89. The molecule has 6 nitrogen and oxygen atoms in total. The van der Waals surface area contributed by atoms with Crippen molar-refractivity contribution >= 4 is 15.9 Å². The van der Waals surface area contributed by atoms with E-state index in [1.807, 2.05) is 26.0 Å². The topological polar surface area (TPSA) is 83.7 Å². The van der Waals surface area contributed by atoms with Crippen molar-refractivity contribution in [3.8, 4) is 0 Å². The van der Waals surface area contributed by atoms with Crippen LogP contribution >= 0.6 is 0 Å². The van der Waals surface area contributed by atoms with Crippen LogP contribution in [0, 0.1) is 5.92 Å². The third-order valence-electron chi connectivity index (χ3n) is 5.80. The zero-order chi connectivity index (χ0) is 18.9. The first kappa shape index (κ1) is 19.3. The van der Waals surface area contributed by atoms with E-state index in [0.29, 0.717) is 31.1 Å². The van der Waals surface area contributed by atoms with Gasteiger partial charge in [-0.25, -0.2) is 8.42 Å². The van der Waals surface area contributed by atoms with Crippen LogP contribution in [0.1, 0.15) is 37.8 Å². The van der Waals surface area contributed by atoms with Gasteiger partial charge in [-0.05, 0) is 48.4 Å². The number of amides is 1. The smallest absolute Gasteiger partial charge is 0.243 e. The van der Waals surface area contributed by atoms with Gasteiger partial charge in [0, 0.05) is 26.2 Å². The summed E-state index contributed by atoms with van der Waals surface area (Å²) in [5, 5.41) is 0. The van der Waals surface area contributed by atoms with E-state index in [4.69, 9.17) is 5.73 Å². The molecule has 26 heavy (non-hydrogen) atoms. The molecule has 0 bridgehead atoms. The van der Waals surface area contributed by atoms with Gasteiger partial charge < -0.3 is 10.6 Å². The van der Waals surface area contributed by atoms with Crippen molar-refractivity contribution in [3.63, 3.8) is 0 Å². The molecule has 2 unspecified atom stereocenters. The summed E-state index contributed by atoms with van der Waals surface area (Å²) in [4.78, 5) is 14.6. The second-order valence-electron chi connectivity index (χ2n) is 7.42. The molecule has 2 aliphatic rings. The molecule has 3 rings (SSSR count). The molecule has 2 atom stereocenters. The Hall–Kier alpha value is -1.44. The van der Waals surface area contributed by atoms with Crippen molar-refractivity contribution in [2.45, 2.75) is 50.5 Å². The van der Waals surface area contributed by atoms with Crippen LogP contribution in [-0.4, -0.2) is 55.8 Å². The molecule has 0 spiro atoms. The lowest BCUT2D eigenvalue weighted by Crippen LogP contribution is -2.55. The summed E-state index contributed by atoms with van der Waals surface area (Å²) in [6.45, 7) is 5.41. The Kier molecular flexibility index (Phi) is 5.69. The van der Waals surface area contributed by atoms with E-state index in [1.165, 1.54) is 9.87 Å². The van der Waals surface area contributed by atoms with Crippen LogP contribution in [0.5, 0.6) is 0 Å². The van der Waals surface area contributed by atoms with Crippen molar-refractivity contribution in [3.05, 3.63) is 29.3 Å². The number of nitrogens with zero attached hydrogens (tertiary/aromatic N) is 2. The van der Waals surface area contributed by atoms with Gasteiger partial charge in [0.15, 0.2) is 0 Å². The molecule has 0 aromatic heterocycles. The van der Waals surface area contributed by atoms with E-state index in [9.17, 15) is 13.2 Å². The first-order chi connectivity index (χ1) is 12.3. The normalized spacial score (nSPS) is 20.7. The fourth-order valence-electron chi connectivity index (χ4n) is 3.71. The van der Waals surface area contributed by atoms with Crippen LogP contribution in [0.4, 0.5) is 0 Å². The molecule has 1 fully saturated rings. The van der Waals surface area contributed by atoms with Crippen LogP contribution in [-0.2, 0) is 27.7 Å². The molecule has 1 aromatic carbocycles. The Morgan fingerprint density at radius 1 is 1.15 bits per heavy atom. The predicted octanol–water partition coefficient (Wildman–Crippen LogP) is 1.38. The van der Waals surface area contributed by atoms with Gasteiger partial charge in [0.1, 0.15) is 0 Å². The van der Waals surface area contributed by atoms with Crippen LogP contribution in [0.15, 0.2) is 23.1 Å². The predicted molar refractivity (Wildman–Crippen MR) is 101 cm³/mol. The van der Waals surface area contributed by atoms with E-state index in [0.717, 1.165) is 31.2 Å². The van der Waals surface area contributed by atoms with Crippen LogP contribution in [0.3, 0.4) is 0 Å². The van der Waals surface area contributed by atoms with Crippen molar-refractivity contribution in [1.29, 1.82) is 0 Å². The first-order valence-corrected chi connectivity index (χ1v) is 10.9. The van der Waals surface area contributed by atoms with E-state index in [2.05, 4.69) is 0 Å². The zero-order valence-corrected chi connectivity index (χ0v) is 16.5. The number of rotatable bonds is 5. The Labute approximate surface area is 156 Å². The van der Waals surface area contributed by atoms with E-state index < -0.39 is 16.1 Å². The van der Waals surface area contributed by atoms with Crippen molar-refractivity contribution in [2.75, 3.05) is 26.2 Å². The molecule has 1 amide bonds. The molecular formula is C19H29N3O3S. The maximum absolute atomic E-state index is 12.9. The van der Waals surface area contributed by atoms with Gasteiger partial charge >= 0.3 is 0 Å². The summed E-state index contributed by atoms with van der Waals surface area (Å²) in [7, 11) is -3.51. The Balaban J connectivity index is 1.66. The molecular weight excluding hydrogens is 350 g/mol. The molecule has 7 heteroatoms. The Bertz CT molecular complexity index is 770. The van der Waals surface area contributed by atoms with Crippen molar-refractivity contribution < 1.29 is 13.2 Å². The quantitative estimate of drug-likeness (QED) is 0.838. The molecule has 1 saturated heterocycles. The number of hydrogen-bond acceptors (Lipinski definition) is 4. The number of carbonyl (C=O) groups is 1. The largest absolute Gasteiger partial charge is 0.339 e. The minimum atomic E-state index is -3.51. The monoisotopic (exact) mass is 379 g/mol. The summed E-state index contributed by atoms with van der Waals surface area (Å²) in [5.41, 5.74) is 8.46. The van der Waals surface area contributed by atoms with Gasteiger partial charge in [0.25, 0.3) is 0 Å². The lowest BCUT2D eigenvalue weighted by atomic mass is 9.99. The highest BCUT2D eigenvalue weighted by Crippen LogP contribution is 2.26. The molecule has 1 heterocycles. The third-order valence-corrected chi connectivity index (χ3v) is 7.69. The van der Waals surface area contributed by atoms with Crippen molar-refractivity contribution in [2.24, 2.45) is 11.7 Å². The molecule has 1 aromatic rings. The van der Waals surface area contributed by atoms with Gasteiger partial charge in [-0.15, -0.1) is 0 Å². The number of piperazine rings is 1.